The lowest BCUT2D eigenvalue weighted by molar-refractivity contribution is -0.119. The first-order valence-corrected chi connectivity index (χ1v) is 11.7. The van der Waals surface area contributed by atoms with Crippen molar-refractivity contribution >= 4 is 33.5 Å². The Bertz CT molecular complexity index is 1860. The molecule has 0 unspecified atom stereocenters. The minimum absolute atomic E-state index is 0.0468. The summed E-state index contributed by atoms with van der Waals surface area (Å²) in [5, 5.41) is 14.0. The van der Waals surface area contributed by atoms with Gasteiger partial charge in [0.05, 0.1) is 17.9 Å². The molecule has 0 bridgehead atoms. The summed E-state index contributed by atoms with van der Waals surface area (Å²) in [6, 6.07) is 20.5. The number of aromatic nitrogens is 6. The van der Waals surface area contributed by atoms with Gasteiger partial charge >= 0.3 is 0 Å². The predicted octanol–water partition coefficient (Wildman–Crippen LogP) is 2.95. The number of ether oxygens (including phenoxy) is 2. The lowest BCUT2D eigenvalue weighted by atomic mass is 10.1. The molecule has 2 aromatic carbocycles. The van der Waals surface area contributed by atoms with Crippen molar-refractivity contribution in [3.05, 3.63) is 95.2 Å². The van der Waals surface area contributed by atoms with Gasteiger partial charge in [0.2, 0.25) is 0 Å². The van der Waals surface area contributed by atoms with Crippen LogP contribution in [0.15, 0.2) is 83.9 Å². The Morgan fingerprint density at radius 2 is 1.82 bits per heavy atom. The monoisotopic (exact) mass is 507 g/mol. The fraction of sp³-hybridized carbons (Fsp3) is 0.111. The SMILES string of the molecule is COCc1nn2c(nnc3c(=O)n(NC(=O)COc4cccc5cccnc45)ccc32)c1-c1ccccc1. The first-order valence-electron chi connectivity index (χ1n) is 11.7. The molecular weight excluding hydrogens is 486 g/mol. The molecule has 11 heteroatoms. The topological polar surface area (TPSA) is 126 Å². The molecule has 38 heavy (non-hydrogen) atoms. The first kappa shape index (κ1) is 23.3. The number of hydrogen-bond acceptors (Lipinski definition) is 8. The highest BCUT2D eigenvalue weighted by Crippen LogP contribution is 2.29. The quantitative estimate of drug-likeness (QED) is 0.350. The number of benzene rings is 2. The summed E-state index contributed by atoms with van der Waals surface area (Å²) in [6.45, 7) is -0.0563. The summed E-state index contributed by atoms with van der Waals surface area (Å²) in [4.78, 5) is 30.1. The van der Waals surface area contributed by atoms with E-state index in [2.05, 4.69) is 25.7 Å². The molecule has 6 aromatic rings. The molecule has 188 valence electrons. The smallest absolute Gasteiger partial charge is 0.299 e. The maximum absolute atomic E-state index is 13.2. The molecule has 0 atom stereocenters. The van der Waals surface area contributed by atoms with Gasteiger partial charge in [-0.3, -0.25) is 20.0 Å². The third-order valence-corrected chi connectivity index (χ3v) is 6.00. The number of hydrogen-bond donors (Lipinski definition) is 1. The van der Waals surface area contributed by atoms with Crippen molar-refractivity contribution in [1.82, 2.24) is 29.5 Å². The molecule has 0 aliphatic rings. The molecule has 0 spiro atoms. The molecule has 1 N–H and O–H groups in total. The van der Waals surface area contributed by atoms with E-state index in [-0.39, 0.29) is 18.7 Å². The van der Waals surface area contributed by atoms with Crippen LogP contribution >= 0.6 is 0 Å². The van der Waals surface area contributed by atoms with Crippen molar-refractivity contribution in [3.8, 4) is 16.9 Å². The maximum atomic E-state index is 13.2. The zero-order chi connectivity index (χ0) is 26.1. The second-order valence-electron chi connectivity index (χ2n) is 8.44. The van der Waals surface area contributed by atoms with Crippen LogP contribution in [0.4, 0.5) is 0 Å². The largest absolute Gasteiger partial charge is 0.481 e. The molecule has 0 fully saturated rings. The molecule has 4 heterocycles. The number of para-hydroxylation sites is 1. The Labute approximate surface area is 215 Å². The maximum Gasteiger partial charge on any atom is 0.299 e. The number of carbonyl (C=O) groups excluding carboxylic acids is 1. The summed E-state index contributed by atoms with van der Waals surface area (Å²) in [6.07, 6.45) is 3.10. The van der Waals surface area contributed by atoms with Crippen molar-refractivity contribution in [2.75, 3.05) is 19.1 Å². The highest BCUT2D eigenvalue weighted by molar-refractivity contribution is 5.88. The summed E-state index contributed by atoms with van der Waals surface area (Å²) < 4.78 is 13.6. The van der Waals surface area contributed by atoms with Gasteiger partial charge in [0, 0.05) is 24.9 Å². The van der Waals surface area contributed by atoms with Crippen molar-refractivity contribution < 1.29 is 14.3 Å². The number of pyridine rings is 2. The fourth-order valence-corrected chi connectivity index (χ4v) is 4.32. The average molecular weight is 508 g/mol. The zero-order valence-corrected chi connectivity index (χ0v) is 20.2. The van der Waals surface area contributed by atoms with E-state index in [1.54, 1.807) is 30.0 Å². The first-order chi connectivity index (χ1) is 18.6. The van der Waals surface area contributed by atoms with Crippen LogP contribution in [0.1, 0.15) is 5.69 Å². The van der Waals surface area contributed by atoms with E-state index in [1.807, 2.05) is 54.6 Å². The molecule has 0 saturated heterocycles. The standard InChI is InChI=1S/C27H21N7O4/c1-37-15-19-23(17-7-3-2-4-8-17)26-30-29-25-20(34(26)31-19)12-14-33(27(25)36)32-22(35)16-38-21-11-5-9-18-10-6-13-28-24(18)21/h2-14H,15-16H2,1H3,(H,32,35). The minimum Gasteiger partial charge on any atom is -0.481 e. The van der Waals surface area contributed by atoms with Gasteiger partial charge in [0.25, 0.3) is 11.5 Å². The lowest BCUT2D eigenvalue weighted by Crippen LogP contribution is -2.35. The van der Waals surface area contributed by atoms with Crippen LogP contribution in [-0.2, 0) is 16.1 Å². The van der Waals surface area contributed by atoms with E-state index in [9.17, 15) is 9.59 Å². The molecular formula is C27H21N7O4. The fourth-order valence-electron chi connectivity index (χ4n) is 4.32. The van der Waals surface area contributed by atoms with Gasteiger partial charge in [-0.25, -0.2) is 9.19 Å². The number of nitrogens with one attached hydrogen (secondary N) is 1. The van der Waals surface area contributed by atoms with Gasteiger partial charge in [-0.05, 0) is 23.8 Å². The molecule has 6 rings (SSSR count). The number of nitrogens with zero attached hydrogens (tertiary/aromatic N) is 6. The van der Waals surface area contributed by atoms with E-state index in [0.717, 1.165) is 21.2 Å². The van der Waals surface area contributed by atoms with Gasteiger partial charge in [-0.1, -0.05) is 48.5 Å². The molecule has 0 aliphatic heterocycles. The van der Waals surface area contributed by atoms with Gasteiger partial charge < -0.3 is 9.47 Å². The van der Waals surface area contributed by atoms with E-state index >= 15 is 0 Å². The second-order valence-corrected chi connectivity index (χ2v) is 8.44. The van der Waals surface area contributed by atoms with Crippen LogP contribution in [-0.4, -0.2) is 49.1 Å². The Morgan fingerprint density at radius 3 is 2.66 bits per heavy atom. The normalized spacial score (nSPS) is 11.3. The van der Waals surface area contributed by atoms with Crippen LogP contribution < -0.4 is 15.7 Å². The minimum atomic E-state index is -0.554. The molecule has 0 aliphatic carbocycles. The van der Waals surface area contributed by atoms with Crippen LogP contribution in [0, 0.1) is 0 Å². The van der Waals surface area contributed by atoms with Crippen molar-refractivity contribution in [1.29, 1.82) is 0 Å². The van der Waals surface area contributed by atoms with Gasteiger partial charge in [0.15, 0.2) is 17.8 Å². The molecule has 0 saturated carbocycles. The third kappa shape index (κ3) is 4.10. The third-order valence-electron chi connectivity index (χ3n) is 6.00. The van der Waals surface area contributed by atoms with Crippen LogP contribution in [0.5, 0.6) is 5.75 Å². The number of methoxy groups -OCH3 is 1. The van der Waals surface area contributed by atoms with Gasteiger partial charge in [-0.15, -0.1) is 10.2 Å². The predicted molar refractivity (Wildman–Crippen MR) is 140 cm³/mol. The number of amides is 1. The highest BCUT2D eigenvalue weighted by Gasteiger charge is 2.20. The Hall–Kier alpha value is -5.16. The van der Waals surface area contributed by atoms with Crippen LogP contribution in [0.3, 0.4) is 0 Å². The summed E-state index contributed by atoms with van der Waals surface area (Å²) in [7, 11) is 1.59. The number of rotatable bonds is 7. The van der Waals surface area contributed by atoms with Gasteiger partial charge in [-0.2, -0.15) is 5.10 Å². The van der Waals surface area contributed by atoms with Gasteiger partial charge in [0.1, 0.15) is 16.8 Å². The van der Waals surface area contributed by atoms with Crippen LogP contribution in [0.2, 0.25) is 0 Å². The number of fused-ring (bicyclic) bond motifs is 4. The molecule has 4 aromatic heterocycles. The number of carbonyl (C=O) groups is 1. The molecule has 11 nitrogen and oxygen atoms in total. The molecule has 1 amide bonds. The summed E-state index contributed by atoms with van der Waals surface area (Å²) >= 11 is 0. The summed E-state index contributed by atoms with van der Waals surface area (Å²) in [5.74, 6) is -0.0570. The lowest BCUT2D eigenvalue weighted by Gasteiger charge is -2.11. The van der Waals surface area contributed by atoms with Crippen molar-refractivity contribution in [2.45, 2.75) is 6.61 Å². The van der Waals surface area contributed by atoms with Crippen LogP contribution in [0.25, 0.3) is 38.7 Å². The van der Waals surface area contributed by atoms with Crippen molar-refractivity contribution in [2.24, 2.45) is 0 Å². The van der Waals surface area contributed by atoms with E-state index in [0.29, 0.717) is 28.1 Å². The second kappa shape index (κ2) is 9.71. The van der Waals surface area contributed by atoms with E-state index < -0.39 is 11.5 Å². The summed E-state index contributed by atoms with van der Waals surface area (Å²) in [5.41, 5.74) is 5.96. The Morgan fingerprint density at radius 1 is 0.974 bits per heavy atom. The Balaban J connectivity index is 1.30. The van der Waals surface area contributed by atoms with Crippen molar-refractivity contribution in [3.63, 3.8) is 0 Å². The van der Waals surface area contributed by atoms with E-state index in [4.69, 9.17) is 9.47 Å². The molecule has 0 radical (unpaired) electrons. The highest BCUT2D eigenvalue weighted by atomic mass is 16.5. The Kier molecular flexibility index (Phi) is 5.94. The zero-order valence-electron chi connectivity index (χ0n) is 20.2. The average Bonchev–Trinajstić information content (AvgIpc) is 3.32. The van der Waals surface area contributed by atoms with E-state index in [1.165, 1.54) is 6.20 Å².